The Bertz CT molecular complexity index is 1120. The van der Waals surface area contributed by atoms with E-state index in [1.807, 2.05) is 12.1 Å². The van der Waals surface area contributed by atoms with Gasteiger partial charge in [0.15, 0.2) is 5.69 Å². The number of nitrogens with zero attached hydrogens (tertiary/aromatic N) is 2. The molecule has 0 saturated heterocycles. The Labute approximate surface area is 170 Å². The predicted molar refractivity (Wildman–Crippen MR) is 108 cm³/mol. The molecule has 0 saturated carbocycles. The van der Waals surface area contributed by atoms with Crippen LogP contribution in [0.25, 0.3) is 21.8 Å². The molecule has 0 radical (unpaired) electrons. The third kappa shape index (κ3) is 3.62. The van der Waals surface area contributed by atoms with Crippen molar-refractivity contribution in [2.24, 2.45) is 0 Å². The molecule has 140 valence electrons. The van der Waals surface area contributed by atoms with Crippen LogP contribution in [0.1, 0.15) is 10.5 Å². The van der Waals surface area contributed by atoms with Gasteiger partial charge in [-0.2, -0.15) is 10.2 Å². The zero-order valence-corrected chi connectivity index (χ0v) is 17.4. The summed E-state index contributed by atoms with van der Waals surface area (Å²) in [7, 11) is 3.18. The largest absolute Gasteiger partial charge is 0.496 e. The fourth-order valence-electron chi connectivity index (χ4n) is 2.47. The van der Waals surface area contributed by atoms with E-state index in [9.17, 15) is 4.79 Å². The number of aromatic nitrogens is 4. The number of carboxylic acid groups (broad SMARTS) is 1. The standard InChI is InChI=1S/C9H7BrN2O3.C8H7BrN2O/c1-15-5-3-2-4-7(6(5)10)11-12-8(4)9(13)14;1-12-7-3-2-6-5(8(7)9)4-10-11-6/h2-3H,1H3,(H,11,12)(H,13,14);2-4H,1H3,(H,10,11). The number of carboxylic acids is 1. The summed E-state index contributed by atoms with van der Waals surface area (Å²) in [6.45, 7) is 0. The second-order valence-electron chi connectivity index (χ2n) is 5.29. The van der Waals surface area contributed by atoms with Crippen molar-refractivity contribution in [1.29, 1.82) is 0 Å². The second-order valence-corrected chi connectivity index (χ2v) is 6.88. The van der Waals surface area contributed by atoms with Crippen LogP contribution >= 0.6 is 31.9 Å². The molecule has 0 fully saturated rings. The summed E-state index contributed by atoms with van der Waals surface area (Å²) >= 11 is 6.74. The first-order valence-corrected chi connectivity index (χ1v) is 9.16. The summed E-state index contributed by atoms with van der Waals surface area (Å²) < 4.78 is 11.8. The predicted octanol–water partition coefficient (Wildman–Crippen LogP) is 4.37. The van der Waals surface area contributed by atoms with Crippen molar-refractivity contribution >= 4 is 59.6 Å². The Kier molecular flexibility index (Phi) is 5.66. The van der Waals surface area contributed by atoms with Gasteiger partial charge in [0.05, 0.1) is 34.9 Å². The number of hydrogen-bond donors (Lipinski definition) is 3. The SMILES string of the molecule is COc1ccc2[nH]ncc2c1Br.COc1ccc2c(C(=O)O)[nH]nc2c1Br. The lowest BCUT2D eigenvalue weighted by molar-refractivity contribution is 0.0692. The average molecular weight is 498 g/mol. The number of methoxy groups -OCH3 is 2. The summed E-state index contributed by atoms with van der Waals surface area (Å²) in [6.07, 6.45) is 1.77. The highest BCUT2D eigenvalue weighted by atomic mass is 79.9. The molecule has 2 aromatic heterocycles. The van der Waals surface area contributed by atoms with Crippen molar-refractivity contribution in [3.8, 4) is 11.5 Å². The zero-order chi connectivity index (χ0) is 19.6. The third-order valence-electron chi connectivity index (χ3n) is 3.81. The Morgan fingerprint density at radius 1 is 1.00 bits per heavy atom. The normalized spacial score (nSPS) is 10.5. The number of fused-ring (bicyclic) bond motifs is 2. The van der Waals surface area contributed by atoms with E-state index in [2.05, 4.69) is 52.3 Å². The van der Waals surface area contributed by atoms with E-state index >= 15 is 0 Å². The third-order valence-corrected chi connectivity index (χ3v) is 5.39. The Balaban J connectivity index is 0.000000159. The van der Waals surface area contributed by atoms with Crippen LogP contribution < -0.4 is 9.47 Å². The maximum Gasteiger partial charge on any atom is 0.354 e. The van der Waals surface area contributed by atoms with Gasteiger partial charge in [-0.25, -0.2) is 4.79 Å². The van der Waals surface area contributed by atoms with Gasteiger partial charge in [-0.3, -0.25) is 10.2 Å². The van der Waals surface area contributed by atoms with E-state index in [0.29, 0.717) is 21.1 Å². The van der Waals surface area contributed by atoms with Crippen molar-refractivity contribution in [2.45, 2.75) is 0 Å². The molecule has 0 aliphatic heterocycles. The molecule has 27 heavy (non-hydrogen) atoms. The van der Waals surface area contributed by atoms with Crippen molar-refractivity contribution < 1.29 is 19.4 Å². The van der Waals surface area contributed by atoms with Crippen molar-refractivity contribution in [3.05, 3.63) is 45.1 Å². The van der Waals surface area contributed by atoms with Gasteiger partial charge in [-0.15, -0.1) is 0 Å². The van der Waals surface area contributed by atoms with Crippen LogP contribution in [-0.4, -0.2) is 45.7 Å². The van der Waals surface area contributed by atoms with Gasteiger partial charge in [0, 0.05) is 10.8 Å². The van der Waals surface area contributed by atoms with Crippen molar-refractivity contribution in [1.82, 2.24) is 20.4 Å². The minimum atomic E-state index is -1.03. The minimum absolute atomic E-state index is 0.0772. The number of H-pyrrole nitrogens is 2. The monoisotopic (exact) mass is 496 g/mol. The molecular formula is C17H14Br2N4O4. The zero-order valence-electron chi connectivity index (χ0n) is 14.2. The maximum atomic E-state index is 10.8. The van der Waals surface area contributed by atoms with Crippen LogP contribution in [0.3, 0.4) is 0 Å². The summed E-state index contributed by atoms with van der Waals surface area (Å²) in [5, 5.41) is 23.6. The van der Waals surface area contributed by atoms with Crippen LogP contribution in [-0.2, 0) is 0 Å². The van der Waals surface area contributed by atoms with E-state index < -0.39 is 5.97 Å². The molecular weight excluding hydrogens is 484 g/mol. The molecule has 3 N–H and O–H groups in total. The molecule has 4 aromatic rings. The minimum Gasteiger partial charge on any atom is -0.496 e. The van der Waals surface area contributed by atoms with Gasteiger partial charge < -0.3 is 14.6 Å². The number of aromatic carboxylic acids is 1. The number of benzene rings is 2. The highest BCUT2D eigenvalue weighted by molar-refractivity contribution is 9.11. The molecule has 8 nitrogen and oxygen atoms in total. The lowest BCUT2D eigenvalue weighted by atomic mass is 10.2. The number of ether oxygens (including phenoxy) is 2. The summed E-state index contributed by atoms with van der Waals surface area (Å²) in [4.78, 5) is 10.8. The van der Waals surface area contributed by atoms with E-state index in [1.54, 1.807) is 25.4 Å². The molecule has 0 unspecified atom stereocenters. The molecule has 0 aliphatic rings. The van der Waals surface area contributed by atoms with E-state index in [0.717, 1.165) is 21.1 Å². The first kappa shape index (κ1) is 19.2. The number of carbonyl (C=O) groups is 1. The molecule has 10 heteroatoms. The highest BCUT2D eigenvalue weighted by Crippen LogP contribution is 2.33. The summed E-state index contributed by atoms with van der Waals surface area (Å²) in [5.41, 5.74) is 1.63. The second kappa shape index (κ2) is 7.97. The smallest absolute Gasteiger partial charge is 0.354 e. The Morgan fingerprint density at radius 2 is 1.67 bits per heavy atom. The Hall–Kier alpha value is -2.59. The van der Waals surface area contributed by atoms with Crippen molar-refractivity contribution in [2.75, 3.05) is 14.2 Å². The van der Waals surface area contributed by atoms with Gasteiger partial charge in [0.1, 0.15) is 17.0 Å². The summed E-state index contributed by atoms with van der Waals surface area (Å²) in [6, 6.07) is 7.18. The first-order chi connectivity index (χ1) is 13.0. The first-order valence-electron chi connectivity index (χ1n) is 7.57. The number of aromatic amines is 2. The lowest BCUT2D eigenvalue weighted by Gasteiger charge is -2.02. The number of hydrogen-bond acceptors (Lipinski definition) is 5. The topological polar surface area (TPSA) is 113 Å². The number of halogens is 2. The average Bonchev–Trinajstić information content (AvgIpc) is 3.30. The fourth-order valence-corrected chi connectivity index (χ4v) is 3.68. The Morgan fingerprint density at radius 3 is 2.33 bits per heavy atom. The molecule has 0 bridgehead atoms. The van der Waals surface area contributed by atoms with Gasteiger partial charge in [0.25, 0.3) is 0 Å². The fraction of sp³-hybridized carbons (Fsp3) is 0.118. The van der Waals surface area contributed by atoms with E-state index in [-0.39, 0.29) is 5.69 Å². The summed E-state index contributed by atoms with van der Waals surface area (Å²) in [5.74, 6) is 0.407. The van der Waals surface area contributed by atoms with Crippen LogP contribution in [0.5, 0.6) is 11.5 Å². The molecule has 0 amide bonds. The molecule has 0 atom stereocenters. The van der Waals surface area contributed by atoms with Crippen LogP contribution in [0.4, 0.5) is 0 Å². The van der Waals surface area contributed by atoms with Gasteiger partial charge >= 0.3 is 5.97 Å². The molecule has 0 spiro atoms. The molecule has 4 rings (SSSR count). The highest BCUT2D eigenvalue weighted by Gasteiger charge is 2.15. The maximum absolute atomic E-state index is 10.8. The van der Waals surface area contributed by atoms with Gasteiger partial charge in [-0.1, -0.05) is 0 Å². The lowest BCUT2D eigenvalue weighted by Crippen LogP contribution is -1.96. The van der Waals surface area contributed by atoms with Crippen LogP contribution in [0, 0.1) is 0 Å². The molecule has 2 heterocycles. The molecule has 0 aliphatic carbocycles. The van der Waals surface area contributed by atoms with Crippen LogP contribution in [0.15, 0.2) is 39.4 Å². The van der Waals surface area contributed by atoms with E-state index in [4.69, 9.17) is 14.6 Å². The number of rotatable bonds is 3. The quantitative estimate of drug-likeness (QED) is 0.387. The van der Waals surface area contributed by atoms with Crippen LogP contribution in [0.2, 0.25) is 0 Å². The van der Waals surface area contributed by atoms with Crippen molar-refractivity contribution in [3.63, 3.8) is 0 Å². The van der Waals surface area contributed by atoms with Gasteiger partial charge in [-0.05, 0) is 56.1 Å². The van der Waals surface area contributed by atoms with Gasteiger partial charge in [0.2, 0.25) is 0 Å². The number of nitrogens with one attached hydrogen (secondary N) is 2. The van der Waals surface area contributed by atoms with E-state index in [1.165, 1.54) is 7.11 Å². The molecule has 2 aromatic carbocycles.